The summed E-state index contributed by atoms with van der Waals surface area (Å²) >= 11 is 0. The Morgan fingerprint density at radius 1 is 1.38 bits per heavy atom. The van der Waals surface area contributed by atoms with Crippen molar-refractivity contribution in [3.05, 3.63) is 23.8 Å². The van der Waals surface area contributed by atoms with Crippen molar-refractivity contribution in [3.8, 4) is 11.5 Å². The highest BCUT2D eigenvalue weighted by molar-refractivity contribution is 5.44. The smallest absolute Gasteiger partial charge is 0.125 e. The van der Waals surface area contributed by atoms with Crippen LogP contribution in [0.2, 0.25) is 0 Å². The van der Waals surface area contributed by atoms with Gasteiger partial charge >= 0.3 is 0 Å². The normalized spacial score (nSPS) is 29.6. The molecule has 1 spiro atoms. The molecule has 1 unspecified atom stereocenters. The largest absolute Gasteiger partial charge is 0.497 e. The highest BCUT2D eigenvalue weighted by atomic mass is 16.5. The number of nitrogens with two attached hydrogens (primary N) is 1. The number of ether oxygens (including phenoxy) is 2. The number of methoxy groups -OCH3 is 1. The maximum absolute atomic E-state index is 6.44. The Morgan fingerprint density at radius 3 is 3.00 bits per heavy atom. The van der Waals surface area contributed by atoms with E-state index in [0.717, 1.165) is 49.4 Å². The van der Waals surface area contributed by atoms with Crippen molar-refractivity contribution in [3.63, 3.8) is 0 Å². The number of nitrogens with zero attached hydrogens (tertiary/aromatic N) is 1. The van der Waals surface area contributed by atoms with Gasteiger partial charge in [-0.1, -0.05) is 6.92 Å². The Balaban J connectivity index is 1.84. The fraction of sp³-hybridized carbons (Fsp3) is 0.647. The monoisotopic (exact) mass is 290 g/mol. The van der Waals surface area contributed by atoms with Gasteiger partial charge in [0, 0.05) is 24.6 Å². The molecular formula is C17H26N2O2. The minimum atomic E-state index is -0.0784. The molecule has 3 rings (SSSR count). The van der Waals surface area contributed by atoms with Gasteiger partial charge in [0.1, 0.15) is 17.1 Å². The van der Waals surface area contributed by atoms with E-state index >= 15 is 0 Å². The van der Waals surface area contributed by atoms with Crippen molar-refractivity contribution < 1.29 is 9.47 Å². The van der Waals surface area contributed by atoms with Crippen LogP contribution in [0.25, 0.3) is 0 Å². The molecule has 116 valence electrons. The molecule has 2 aliphatic rings. The van der Waals surface area contributed by atoms with Crippen LogP contribution < -0.4 is 15.2 Å². The quantitative estimate of drug-likeness (QED) is 0.910. The van der Waals surface area contributed by atoms with E-state index in [1.807, 2.05) is 18.2 Å². The van der Waals surface area contributed by atoms with Crippen LogP contribution in [0.1, 0.15) is 44.2 Å². The number of fused-ring (bicyclic) bond motifs is 1. The van der Waals surface area contributed by atoms with Gasteiger partial charge in [0.15, 0.2) is 0 Å². The Bertz CT molecular complexity index is 506. The molecule has 1 aromatic rings. The van der Waals surface area contributed by atoms with E-state index in [4.69, 9.17) is 15.2 Å². The Labute approximate surface area is 127 Å². The molecular weight excluding hydrogens is 264 g/mol. The molecule has 0 radical (unpaired) electrons. The Morgan fingerprint density at radius 2 is 2.24 bits per heavy atom. The molecule has 0 saturated carbocycles. The molecule has 1 saturated heterocycles. The van der Waals surface area contributed by atoms with Gasteiger partial charge < -0.3 is 20.1 Å². The Hall–Kier alpha value is -1.26. The molecule has 0 aliphatic carbocycles. The van der Waals surface area contributed by atoms with Gasteiger partial charge in [-0.3, -0.25) is 0 Å². The number of rotatable bonds is 2. The van der Waals surface area contributed by atoms with Crippen molar-refractivity contribution in [2.45, 2.75) is 44.2 Å². The minimum Gasteiger partial charge on any atom is -0.497 e. The molecule has 0 bridgehead atoms. The van der Waals surface area contributed by atoms with Crippen LogP contribution in [0.15, 0.2) is 18.2 Å². The van der Waals surface area contributed by atoms with Crippen LogP contribution in [0.5, 0.6) is 11.5 Å². The minimum absolute atomic E-state index is 0.0389. The summed E-state index contributed by atoms with van der Waals surface area (Å²) in [5.41, 5.74) is 7.45. The van der Waals surface area contributed by atoms with E-state index in [1.54, 1.807) is 7.11 Å². The lowest BCUT2D eigenvalue weighted by Gasteiger charge is -2.41. The average molecular weight is 290 g/mol. The van der Waals surface area contributed by atoms with E-state index < -0.39 is 0 Å². The number of likely N-dealkylation sites (tertiary alicyclic amines) is 1. The van der Waals surface area contributed by atoms with Crippen molar-refractivity contribution in [1.82, 2.24) is 4.90 Å². The lowest BCUT2D eigenvalue weighted by Crippen LogP contribution is -2.43. The predicted molar refractivity (Wildman–Crippen MR) is 83.9 cm³/mol. The van der Waals surface area contributed by atoms with Crippen LogP contribution in [0.3, 0.4) is 0 Å². The molecule has 2 atom stereocenters. The second-order valence-electron chi connectivity index (χ2n) is 6.29. The molecule has 2 N–H and O–H groups in total. The Kier molecular flexibility index (Phi) is 4.09. The van der Waals surface area contributed by atoms with Crippen LogP contribution >= 0.6 is 0 Å². The fourth-order valence-electron chi connectivity index (χ4n) is 3.67. The van der Waals surface area contributed by atoms with Crippen LogP contribution in [-0.2, 0) is 0 Å². The van der Waals surface area contributed by atoms with E-state index in [-0.39, 0.29) is 11.6 Å². The standard InChI is InChI=1S/C17H26N2O2/c1-3-19-9-4-7-17(8-10-19)12-15(18)14-11-13(20-2)5-6-16(14)21-17/h5-6,11,15H,3-4,7-10,12,18H2,1-2H3/t15-,17?/m1/s1. The summed E-state index contributed by atoms with van der Waals surface area (Å²) in [6.45, 7) is 5.63. The molecule has 0 amide bonds. The first-order valence-electron chi connectivity index (χ1n) is 8.01. The van der Waals surface area contributed by atoms with Crippen molar-refractivity contribution in [2.75, 3.05) is 26.7 Å². The molecule has 1 fully saturated rings. The first-order valence-corrected chi connectivity index (χ1v) is 8.01. The van der Waals surface area contributed by atoms with Crippen molar-refractivity contribution >= 4 is 0 Å². The molecule has 0 aromatic heterocycles. The van der Waals surface area contributed by atoms with Gasteiger partial charge in [0.25, 0.3) is 0 Å². The highest BCUT2D eigenvalue weighted by Crippen LogP contribution is 2.44. The van der Waals surface area contributed by atoms with Gasteiger partial charge in [-0.2, -0.15) is 0 Å². The third-order valence-electron chi connectivity index (χ3n) is 4.97. The maximum Gasteiger partial charge on any atom is 0.125 e. The van der Waals surface area contributed by atoms with Gasteiger partial charge in [-0.15, -0.1) is 0 Å². The number of hydrogen-bond acceptors (Lipinski definition) is 4. The topological polar surface area (TPSA) is 47.7 Å². The predicted octanol–water partition coefficient (Wildman–Crippen LogP) is 2.72. The second-order valence-corrected chi connectivity index (χ2v) is 6.29. The summed E-state index contributed by atoms with van der Waals surface area (Å²) in [5, 5.41) is 0. The number of hydrogen-bond donors (Lipinski definition) is 1. The van der Waals surface area contributed by atoms with Crippen molar-refractivity contribution in [1.29, 1.82) is 0 Å². The third kappa shape index (κ3) is 2.87. The summed E-state index contributed by atoms with van der Waals surface area (Å²) in [6.07, 6.45) is 4.26. The van der Waals surface area contributed by atoms with E-state index in [0.29, 0.717) is 0 Å². The van der Waals surface area contributed by atoms with Gasteiger partial charge in [0.2, 0.25) is 0 Å². The van der Waals surface area contributed by atoms with E-state index in [1.165, 1.54) is 13.0 Å². The maximum atomic E-state index is 6.44. The zero-order valence-corrected chi connectivity index (χ0v) is 13.1. The number of benzene rings is 1. The van der Waals surface area contributed by atoms with Crippen molar-refractivity contribution in [2.24, 2.45) is 5.73 Å². The average Bonchev–Trinajstić information content (AvgIpc) is 2.69. The zero-order valence-electron chi connectivity index (χ0n) is 13.1. The summed E-state index contributed by atoms with van der Waals surface area (Å²) in [7, 11) is 1.68. The van der Waals surface area contributed by atoms with Gasteiger partial charge in [-0.05, 0) is 50.6 Å². The molecule has 2 aliphatic heterocycles. The van der Waals surface area contributed by atoms with Crippen LogP contribution in [0.4, 0.5) is 0 Å². The first kappa shape index (κ1) is 14.7. The molecule has 4 heteroatoms. The summed E-state index contributed by atoms with van der Waals surface area (Å²) in [4.78, 5) is 2.51. The van der Waals surface area contributed by atoms with Gasteiger partial charge in [0.05, 0.1) is 7.11 Å². The lowest BCUT2D eigenvalue weighted by atomic mass is 9.82. The zero-order chi connectivity index (χ0) is 14.9. The lowest BCUT2D eigenvalue weighted by molar-refractivity contribution is 0.0218. The summed E-state index contributed by atoms with van der Waals surface area (Å²) < 4.78 is 11.7. The highest BCUT2D eigenvalue weighted by Gasteiger charge is 2.40. The molecule has 1 aromatic carbocycles. The molecule has 4 nitrogen and oxygen atoms in total. The molecule has 2 heterocycles. The third-order valence-corrected chi connectivity index (χ3v) is 4.97. The first-order chi connectivity index (χ1) is 10.2. The summed E-state index contributed by atoms with van der Waals surface area (Å²) in [5.74, 6) is 1.79. The van der Waals surface area contributed by atoms with Crippen LogP contribution in [-0.4, -0.2) is 37.2 Å². The fourth-order valence-corrected chi connectivity index (χ4v) is 3.67. The van der Waals surface area contributed by atoms with Gasteiger partial charge in [-0.25, -0.2) is 0 Å². The summed E-state index contributed by atoms with van der Waals surface area (Å²) in [6, 6.07) is 6.02. The molecule has 21 heavy (non-hydrogen) atoms. The second kappa shape index (κ2) is 5.85. The van der Waals surface area contributed by atoms with E-state index in [2.05, 4.69) is 11.8 Å². The SMILES string of the molecule is CCN1CCCC2(CC1)C[C@@H](N)c1cc(OC)ccc1O2. The van der Waals surface area contributed by atoms with E-state index in [9.17, 15) is 0 Å². The van der Waals surface area contributed by atoms with Crippen LogP contribution in [0, 0.1) is 0 Å².